The largest absolute Gasteiger partial charge is 0.388 e. The molecular formula is C18H25Br2NO6. The Balaban J connectivity index is 1.53. The van der Waals surface area contributed by atoms with E-state index in [0.717, 1.165) is 8.96 Å². The molecule has 0 saturated carbocycles. The van der Waals surface area contributed by atoms with Gasteiger partial charge in [0.25, 0.3) is 0 Å². The van der Waals surface area contributed by atoms with Gasteiger partial charge in [0.15, 0.2) is 11.6 Å². The molecule has 0 radical (unpaired) electrons. The molecule has 2 fully saturated rings. The summed E-state index contributed by atoms with van der Waals surface area (Å²) in [5, 5.41) is 25.0. The van der Waals surface area contributed by atoms with Crippen LogP contribution in [0.15, 0.2) is 21.1 Å². The number of aliphatic hydroxyl groups excluding tert-OH is 2. The molecule has 152 valence electrons. The minimum absolute atomic E-state index is 0.344. The van der Waals surface area contributed by atoms with E-state index in [4.69, 9.17) is 18.9 Å². The Morgan fingerprint density at radius 3 is 1.52 bits per heavy atom. The van der Waals surface area contributed by atoms with E-state index in [2.05, 4.69) is 37.2 Å². The number of hydrogen-bond acceptors (Lipinski definition) is 7. The summed E-state index contributed by atoms with van der Waals surface area (Å²) in [6, 6.07) is -0.859. The van der Waals surface area contributed by atoms with Crippen LogP contribution >= 0.6 is 31.9 Å². The van der Waals surface area contributed by atoms with E-state index >= 15 is 0 Å². The maximum absolute atomic E-state index is 10.8. The number of fused-ring (bicyclic) bond motifs is 2. The second-order valence-corrected chi connectivity index (χ2v) is 10.2. The lowest BCUT2D eigenvalue weighted by Gasteiger charge is -2.38. The van der Waals surface area contributed by atoms with Crippen molar-refractivity contribution in [1.82, 2.24) is 5.32 Å². The third kappa shape index (κ3) is 3.71. The Labute approximate surface area is 175 Å². The maximum Gasteiger partial charge on any atom is 0.164 e. The maximum atomic E-state index is 10.8. The monoisotopic (exact) mass is 509 g/mol. The average Bonchev–Trinajstić information content (AvgIpc) is 3.06. The quantitative estimate of drug-likeness (QED) is 0.520. The molecule has 0 bridgehead atoms. The fourth-order valence-corrected chi connectivity index (χ4v) is 5.44. The third-order valence-electron chi connectivity index (χ3n) is 5.27. The Morgan fingerprint density at radius 2 is 1.15 bits per heavy atom. The summed E-state index contributed by atoms with van der Waals surface area (Å²) in [5.74, 6) is -1.53. The molecule has 4 rings (SSSR count). The third-order valence-corrected chi connectivity index (χ3v) is 6.70. The Morgan fingerprint density at radius 1 is 0.778 bits per heavy atom. The molecule has 27 heavy (non-hydrogen) atoms. The number of aliphatic hydroxyl groups is 2. The molecule has 2 heterocycles. The lowest BCUT2D eigenvalue weighted by Crippen LogP contribution is -2.59. The highest BCUT2D eigenvalue weighted by atomic mass is 79.9. The van der Waals surface area contributed by atoms with E-state index in [-0.39, 0.29) is 12.2 Å². The second-order valence-electron chi connectivity index (χ2n) is 8.34. The molecule has 2 aliphatic heterocycles. The number of halogens is 2. The van der Waals surface area contributed by atoms with E-state index in [1.54, 1.807) is 0 Å². The first-order valence-electron chi connectivity index (χ1n) is 9.05. The minimum Gasteiger partial charge on any atom is -0.388 e. The van der Waals surface area contributed by atoms with Crippen LogP contribution in [0.1, 0.15) is 27.7 Å². The van der Waals surface area contributed by atoms with Gasteiger partial charge in [0.1, 0.15) is 36.6 Å². The molecule has 0 amide bonds. The number of nitrogens with one attached hydrogen (secondary N) is 1. The molecule has 2 aliphatic carbocycles. The highest BCUT2D eigenvalue weighted by Gasteiger charge is 2.53. The van der Waals surface area contributed by atoms with E-state index in [1.165, 1.54) is 0 Å². The van der Waals surface area contributed by atoms with Crippen LogP contribution in [0.4, 0.5) is 0 Å². The number of hydrogen-bond donors (Lipinski definition) is 3. The van der Waals surface area contributed by atoms with Crippen molar-refractivity contribution in [2.45, 2.75) is 88.0 Å². The van der Waals surface area contributed by atoms with Gasteiger partial charge in [-0.1, -0.05) is 44.0 Å². The highest BCUT2D eigenvalue weighted by molar-refractivity contribution is 9.12. The Hall–Kier alpha value is 0.160. The van der Waals surface area contributed by atoms with Gasteiger partial charge in [-0.2, -0.15) is 0 Å². The fourth-order valence-electron chi connectivity index (χ4n) is 4.16. The van der Waals surface area contributed by atoms with Crippen LogP contribution < -0.4 is 5.32 Å². The van der Waals surface area contributed by atoms with Crippen LogP contribution in [-0.4, -0.2) is 70.5 Å². The molecule has 0 aromatic carbocycles. The number of ether oxygens (including phenoxy) is 4. The van der Waals surface area contributed by atoms with E-state index in [1.807, 2.05) is 39.8 Å². The van der Waals surface area contributed by atoms with Crippen LogP contribution in [0.3, 0.4) is 0 Å². The fraction of sp³-hybridized carbons (Fsp3) is 0.778. The average molecular weight is 511 g/mol. The van der Waals surface area contributed by atoms with Crippen molar-refractivity contribution in [2.75, 3.05) is 0 Å². The zero-order valence-electron chi connectivity index (χ0n) is 15.6. The second kappa shape index (κ2) is 6.85. The van der Waals surface area contributed by atoms with Gasteiger partial charge < -0.3 is 29.2 Å². The summed E-state index contributed by atoms with van der Waals surface area (Å²) >= 11 is 7.08. The van der Waals surface area contributed by atoms with Gasteiger partial charge in [-0.3, -0.25) is 5.32 Å². The zero-order chi connectivity index (χ0) is 19.7. The minimum atomic E-state index is -0.827. The van der Waals surface area contributed by atoms with Gasteiger partial charge in [0.05, 0.1) is 12.1 Å². The summed E-state index contributed by atoms with van der Waals surface area (Å²) in [7, 11) is 0. The predicted octanol–water partition coefficient (Wildman–Crippen LogP) is 1.66. The van der Waals surface area contributed by atoms with E-state index in [9.17, 15) is 10.2 Å². The molecule has 0 aromatic heterocycles. The van der Waals surface area contributed by atoms with Gasteiger partial charge in [0.2, 0.25) is 0 Å². The summed E-state index contributed by atoms with van der Waals surface area (Å²) in [6.07, 6.45) is 0.400. The van der Waals surface area contributed by atoms with Gasteiger partial charge in [0, 0.05) is 8.96 Å². The van der Waals surface area contributed by atoms with Crippen LogP contribution in [0.2, 0.25) is 0 Å². The predicted molar refractivity (Wildman–Crippen MR) is 104 cm³/mol. The molecule has 2 saturated heterocycles. The molecule has 9 heteroatoms. The van der Waals surface area contributed by atoms with E-state index in [0.29, 0.717) is 0 Å². The Kier molecular flexibility index (Phi) is 5.19. The topological polar surface area (TPSA) is 89.4 Å². The molecular weight excluding hydrogens is 486 g/mol. The lowest BCUT2D eigenvalue weighted by atomic mass is 9.90. The van der Waals surface area contributed by atoms with Crippen LogP contribution in [0.25, 0.3) is 0 Å². The SMILES string of the molecule is CC1(C)O[C@H]2[C@H](O)[C@@H](N[C@H]3C=C(Br)[C@H]4OC(C)(C)O[C@H]4[C@@H]3O)C=C(Br)[C@H]2O1. The highest BCUT2D eigenvalue weighted by Crippen LogP contribution is 2.41. The van der Waals surface area contributed by atoms with Gasteiger partial charge in [-0.25, -0.2) is 0 Å². The summed E-state index contributed by atoms with van der Waals surface area (Å²) in [6.45, 7) is 7.30. The van der Waals surface area contributed by atoms with Crippen molar-refractivity contribution >= 4 is 31.9 Å². The lowest BCUT2D eigenvalue weighted by molar-refractivity contribution is -0.155. The van der Waals surface area contributed by atoms with Crippen LogP contribution in [0.5, 0.6) is 0 Å². The number of rotatable bonds is 2. The molecule has 7 nitrogen and oxygen atoms in total. The molecule has 0 aromatic rings. The van der Waals surface area contributed by atoms with Crippen LogP contribution in [0, 0.1) is 0 Å². The van der Waals surface area contributed by atoms with Gasteiger partial charge in [-0.15, -0.1) is 0 Å². The zero-order valence-corrected chi connectivity index (χ0v) is 18.7. The van der Waals surface area contributed by atoms with Crippen molar-refractivity contribution in [3.8, 4) is 0 Å². The molecule has 4 aliphatic rings. The van der Waals surface area contributed by atoms with Crippen molar-refractivity contribution in [3.05, 3.63) is 21.1 Å². The molecule has 3 N–H and O–H groups in total. The smallest absolute Gasteiger partial charge is 0.164 e. The summed E-state index contributed by atoms with van der Waals surface area (Å²) in [4.78, 5) is 0. The van der Waals surface area contributed by atoms with Crippen molar-refractivity contribution < 1.29 is 29.2 Å². The van der Waals surface area contributed by atoms with E-state index < -0.39 is 48.1 Å². The van der Waals surface area contributed by atoms with Crippen molar-refractivity contribution in [3.63, 3.8) is 0 Å². The molecule has 8 atom stereocenters. The molecule has 0 spiro atoms. The van der Waals surface area contributed by atoms with Crippen molar-refractivity contribution in [1.29, 1.82) is 0 Å². The van der Waals surface area contributed by atoms with Crippen LogP contribution in [-0.2, 0) is 18.9 Å². The molecule has 0 unspecified atom stereocenters. The van der Waals surface area contributed by atoms with Gasteiger partial charge >= 0.3 is 0 Å². The first-order chi connectivity index (χ1) is 12.5. The Bertz CT molecular complexity index is 625. The van der Waals surface area contributed by atoms with Gasteiger partial charge in [-0.05, 0) is 27.7 Å². The standard InChI is InChI=1S/C18H25Br2NO6/c1-17(2)24-13-7(19)5-9(11(22)15(13)26-17)21-10-6-8(20)14-16(12(10)23)27-18(3,4)25-14/h5-6,9-16,21-23H,1-4H3/t9-,10-,11+,12+,13+,14+,15-,16-/m0/s1. The first kappa shape index (κ1) is 20.4. The van der Waals surface area contributed by atoms with Crippen molar-refractivity contribution in [2.24, 2.45) is 0 Å². The summed E-state index contributed by atoms with van der Waals surface area (Å²) in [5.41, 5.74) is 0. The first-order valence-corrected chi connectivity index (χ1v) is 10.6. The summed E-state index contributed by atoms with van der Waals surface area (Å²) < 4.78 is 25.1. The normalized spacial score (nSPS) is 47.9.